The number of benzene rings is 1. The minimum absolute atomic E-state index is 0.0395. The number of aliphatic carboxylic acids is 1. The lowest BCUT2D eigenvalue weighted by atomic mass is 10.2. The van der Waals surface area contributed by atoms with Crippen molar-refractivity contribution in [1.82, 2.24) is 4.83 Å². The maximum absolute atomic E-state index is 11.8. The van der Waals surface area contributed by atoms with Crippen molar-refractivity contribution in [2.24, 2.45) is 5.10 Å². The smallest absolute Gasteiger partial charge is 0.352 e. The van der Waals surface area contributed by atoms with Crippen LogP contribution in [0.1, 0.15) is 18.9 Å². The Hall–Kier alpha value is -1.89. The van der Waals surface area contributed by atoms with E-state index in [9.17, 15) is 13.2 Å². The third kappa shape index (κ3) is 3.56. The zero-order valence-electron chi connectivity index (χ0n) is 10.0. The fourth-order valence-electron chi connectivity index (χ4n) is 1.16. The van der Waals surface area contributed by atoms with Gasteiger partial charge in [0.1, 0.15) is 5.71 Å². The van der Waals surface area contributed by atoms with E-state index in [1.807, 2.05) is 11.8 Å². The molecule has 0 unspecified atom stereocenters. The lowest BCUT2D eigenvalue weighted by Gasteiger charge is -2.04. The van der Waals surface area contributed by atoms with E-state index >= 15 is 0 Å². The van der Waals surface area contributed by atoms with Gasteiger partial charge in [-0.15, -0.1) is 0 Å². The second-order valence-corrected chi connectivity index (χ2v) is 5.29. The largest absolute Gasteiger partial charge is 0.477 e. The third-order valence-electron chi connectivity index (χ3n) is 2.21. The molecule has 0 fully saturated rings. The number of carboxylic acid groups (broad SMARTS) is 1. The van der Waals surface area contributed by atoms with Gasteiger partial charge in [-0.25, -0.2) is 4.79 Å². The van der Waals surface area contributed by atoms with Crippen molar-refractivity contribution < 1.29 is 18.3 Å². The molecule has 0 radical (unpaired) electrons. The Morgan fingerprint density at radius 1 is 1.33 bits per heavy atom. The molecule has 0 spiro atoms. The van der Waals surface area contributed by atoms with Crippen LogP contribution in [0.25, 0.3) is 0 Å². The molecule has 2 N–H and O–H groups in total. The normalized spacial score (nSPS) is 12.2. The van der Waals surface area contributed by atoms with Gasteiger partial charge in [0.2, 0.25) is 0 Å². The number of rotatable bonds is 5. The van der Waals surface area contributed by atoms with Crippen molar-refractivity contribution in [3.63, 3.8) is 0 Å². The number of nitrogens with one attached hydrogen (secondary N) is 1. The molecule has 0 saturated heterocycles. The average molecular weight is 270 g/mol. The van der Waals surface area contributed by atoms with Crippen LogP contribution in [0.5, 0.6) is 0 Å². The number of hydrogen-bond acceptors (Lipinski definition) is 4. The van der Waals surface area contributed by atoms with Gasteiger partial charge in [-0.2, -0.15) is 18.4 Å². The Morgan fingerprint density at radius 2 is 1.89 bits per heavy atom. The van der Waals surface area contributed by atoms with Crippen LogP contribution in [-0.4, -0.2) is 25.2 Å². The molecular weight excluding hydrogens is 256 g/mol. The lowest BCUT2D eigenvalue weighted by Crippen LogP contribution is -2.23. The maximum atomic E-state index is 11.8. The van der Waals surface area contributed by atoms with E-state index in [-0.39, 0.29) is 17.0 Å². The molecule has 0 aromatic heterocycles. The summed E-state index contributed by atoms with van der Waals surface area (Å²) in [5, 5.41) is 12.1. The van der Waals surface area contributed by atoms with Crippen LogP contribution >= 0.6 is 0 Å². The van der Waals surface area contributed by atoms with Gasteiger partial charge >= 0.3 is 5.97 Å². The number of carboxylic acids is 1. The van der Waals surface area contributed by atoms with Crippen molar-refractivity contribution in [2.45, 2.75) is 25.2 Å². The highest BCUT2D eigenvalue weighted by molar-refractivity contribution is 7.89. The summed E-state index contributed by atoms with van der Waals surface area (Å²) in [7, 11) is -3.82. The fourth-order valence-corrected chi connectivity index (χ4v) is 1.99. The van der Waals surface area contributed by atoms with Gasteiger partial charge < -0.3 is 5.11 Å². The first kappa shape index (κ1) is 14.2. The molecule has 1 rings (SSSR count). The van der Waals surface area contributed by atoms with Crippen LogP contribution in [0.15, 0.2) is 34.3 Å². The topological polar surface area (TPSA) is 95.8 Å². The molecule has 0 aliphatic rings. The Labute approximate surface area is 105 Å². The quantitative estimate of drug-likeness (QED) is 0.619. The number of carbonyl (C=O) groups is 1. The summed E-state index contributed by atoms with van der Waals surface area (Å²) >= 11 is 0. The van der Waals surface area contributed by atoms with Crippen LogP contribution in [0.3, 0.4) is 0 Å². The molecule has 18 heavy (non-hydrogen) atoms. The molecule has 98 valence electrons. The number of nitrogens with zero attached hydrogens (tertiary/aromatic N) is 1. The molecule has 0 atom stereocenters. The van der Waals surface area contributed by atoms with Crippen LogP contribution in [-0.2, 0) is 14.8 Å². The van der Waals surface area contributed by atoms with Gasteiger partial charge in [0.25, 0.3) is 10.0 Å². The minimum atomic E-state index is -3.82. The summed E-state index contributed by atoms with van der Waals surface area (Å²) in [6.45, 7) is 3.41. The highest BCUT2D eigenvalue weighted by Gasteiger charge is 2.14. The molecule has 0 aliphatic carbocycles. The van der Waals surface area contributed by atoms with Crippen molar-refractivity contribution >= 4 is 21.7 Å². The van der Waals surface area contributed by atoms with Crippen molar-refractivity contribution in [2.75, 3.05) is 0 Å². The summed E-state index contributed by atoms with van der Waals surface area (Å²) in [6, 6.07) is 6.16. The monoisotopic (exact) mass is 270 g/mol. The highest BCUT2D eigenvalue weighted by atomic mass is 32.2. The Kier molecular flexibility index (Phi) is 4.43. The highest BCUT2D eigenvalue weighted by Crippen LogP contribution is 2.09. The Bertz CT molecular complexity index is 561. The van der Waals surface area contributed by atoms with Crippen molar-refractivity contribution in [3.8, 4) is 0 Å². The third-order valence-corrected chi connectivity index (χ3v) is 3.44. The van der Waals surface area contributed by atoms with Crippen molar-refractivity contribution in [1.29, 1.82) is 0 Å². The van der Waals surface area contributed by atoms with Gasteiger partial charge in [0, 0.05) is 0 Å². The first-order valence-electron chi connectivity index (χ1n) is 5.25. The van der Waals surface area contributed by atoms with Crippen LogP contribution in [0.4, 0.5) is 0 Å². The van der Waals surface area contributed by atoms with Gasteiger partial charge in [0.05, 0.1) is 4.90 Å². The fraction of sp³-hybridized carbons (Fsp3) is 0.273. The maximum Gasteiger partial charge on any atom is 0.352 e. The lowest BCUT2D eigenvalue weighted by molar-refractivity contribution is -0.129. The molecule has 0 amide bonds. The molecule has 0 heterocycles. The number of sulfonamides is 1. The predicted molar refractivity (Wildman–Crippen MR) is 66.9 cm³/mol. The second kappa shape index (κ2) is 5.63. The van der Waals surface area contributed by atoms with E-state index in [1.165, 1.54) is 12.1 Å². The van der Waals surface area contributed by atoms with E-state index in [4.69, 9.17) is 5.11 Å². The first-order chi connectivity index (χ1) is 8.36. The summed E-state index contributed by atoms with van der Waals surface area (Å²) < 4.78 is 23.6. The van der Waals surface area contributed by atoms with Crippen LogP contribution < -0.4 is 4.83 Å². The Balaban J connectivity index is 2.96. The van der Waals surface area contributed by atoms with Gasteiger partial charge in [-0.05, 0) is 25.5 Å². The van der Waals surface area contributed by atoms with E-state index in [2.05, 4.69) is 5.10 Å². The van der Waals surface area contributed by atoms with E-state index in [0.29, 0.717) is 0 Å². The standard InChI is InChI=1S/C11H14N2O4S/c1-3-10(11(14)15)12-13-18(16,17)9-6-4-8(2)5-7-9/h4-7,13H,3H2,1-2H3,(H,14,15). The first-order valence-corrected chi connectivity index (χ1v) is 6.73. The molecule has 0 saturated carbocycles. The zero-order valence-corrected chi connectivity index (χ0v) is 10.9. The van der Waals surface area contributed by atoms with Gasteiger partial charge in [-0.1, -0.05) is 24.6 Å². The Morgan fingerprint density at radius 3 is 2.33 bits per heavy atom. The molecule has 0 aliphatic heterocycles. The molecule has 1 aromatic carbocycles. The van der Waals surface area contributed by atoms with E-state index < -0.39 is 16.0 Å². The van der Waals surface area contributed by atoms with Crippen LogP contribution in [0, 0.1) is 6.92 Å². The van der Waals surface area contributed by atoms with Gasteiger partial charge in [-0.3, -0.25) is 0 Å². The molecule has 7 heteroatoms. The number of aryl methyl sites for hydroxylation is 1. The molecule has 6 nitrogen and oxygen atoms in total. The van der Waals surface area contributed by atoms with Gasteiger partial charge in [0.15, 0.2) is 0 Å². The molecular formula is C11H14N2O4S. The predicted octanol–water partition coefficient (Wildman–Crippen LogP) is 1.12. The average Bonchev–Trinajstić information content (AvgIpc) is 2.29. The summed E-state index contributed by atoms with van der Waals surface area (Å²) in [6.07, 6.45) is 0.131. The summed E-state index contributed by atoms with van der Waals surface area (Å²) in [4.78, 5) is 12.6. The number of hydrogen-bond donors (Lipinski definition) is 2. The van der Waals surface area contributed by atoms with Crippen molar-refractivity contribution in [3.05, 3.63) is 29.8 Å². The summed E-state index contributed by atoms with van der Waals surface area (Å²) in [5.74, 6) is -1.25. The SMILES string of the molecule is CCC(=NNS(=O)(=O)c1ccc(C)cc1)C(=O)O. The molecule has 0 bridgehead atoms. The molecule has 1 aromatic rings. The van der Waals surface area contributed by atoms with E-state index in [1.54, 1.807) is 19.1 Å². The summed E-state index contributed by atoms with van der Waals surface area (Å²) in [5.41, 5.74) is 0.683. The second-order valence-electron chi connectivity index (χ2n) is 3.62. The number of hydrazone groups is 1. The zero-order chi connectivity index (χ0) is 13.8. The van der Waals surface area contributed by atoms with E-state index in [0.717, 1.165) is 5.56 Å². The minimum Gasteiger partial charge on any atom is -0.477 e. The van der Waals surface area contributed by atoms with Crippen LogP contribution in [0.2, 0.25) is 0 Å².